The van der Waals surface area contributed by atoms with Crippen molar-refractivity contribution in [3.63, 3.8) is 0 Å². The SMILES string of the molecule is CCOc1cc(C)c(-c2nc3ccccc3c(=O)n2N=Cc2c(Br)cc(Br)c(O)c2Br)cc1C(C)C. The minimum atomic E-state index is -0.292. The summed E-state index contributed by atoms with van der Waals surface area (Å²) in [6.45, 7) is 8.69. The van der Waals surface area contributed by atoms with Crippen LogP contribution in [0.4, 0.5) is 0 Å². The minimum Gasteiger partial charge on any atom is -0.506 e. The number of hydrogen-bond donors (Lipinski definition) is 1. The fourth-order valence-corrected chi connectivity index (χ4v) is 6.23. The van der Waals surface area contributed by atoms with Crippen LogP contribution in [-0.4, -0.2) is 27.6 Å². The van der Waals surface area contributed by atoms with Gasteiger partial charge in [-0.25, -0.2) is 4.98 Å². The third kappa shape index (κ3) is 5.01. The second kappa shape index (κ2) is 10.9. The molecule has 1 aromatic heterocycles. The van der Waals surface area contributed by atoms with E-state index in [1.165, 1.54) is 10.9 Å². The first kappa shape index (κ1) is 26.6. The number of phenolic OH excluding ortho intramolecular Hbond substituents is 1. The van der Waals surface area contributed by atoms with E-state index < -0.39 is 0 Å². The maximum absolute atomic E-state index is 13.6. The lowest BCUT2D eigenvalue weighted by Crippen LogP contribution is -2.21. The molecule has 0 spiro atoms. The van der Waals surface area contributed by atoms with Gasteiger partial charge < -0.3 is 9.84 Å². The van der Waals surface area contributed by atoms with E-state index in [9.17, 15) is 9.90 Å². The number of nitrogens with zero attached hydrogens (tertiary/aromatic N) is 3. The van der Waals surface area contributed by atoms with Crippen molar-refractivity contribution >= 4 is 64.9 Å². The maximum Gasteiger partial charge on any atom is 0.282 e. The molecule has 0 saturated heterocycles. The number of aromatic nitrogens is 2. The van der Waals surface area contributed by atoms with Gasteiger partial charge in [0, 0.05) is 15.6 Å². The molecule has 0 atom stereocenters. The Kier molecular flexibility index (Phi) is 8.02. The molecule has 186 valence electrons. The van der Waals surface area contributed by atoms with Crippen molar-refractivity contribution in [1.82, 2.24) is 9.66 Å². The summed E-state index contributed by atoms with van der Waals surface area (Å²) in [6.07, 6.45) is 1.52. The van der Waals surface area contributed by atoms with Gasteiger partial charge in [-0.05, 0) is 93.1 Å². The normalized spacial score (nSPS) is 11.7. The van der Waals surface area contributed by atoms with Gasteiger partial charge in [0.1, 0.15) is 11.5 Å². The van der Waals surface area contributed by atoms with Gasteiger partial charge in [-0.3, -0.25) is 4.79 Å². The highest BCUT2D eigenvalue weighted by molar-refractivity contribution is 9.11. The minimum absolute atomic E-state index is 0.0350. The molecule has 0 saturated carbocycles. The molecule has 36 heavy (non-hydrogen) atoms. The van der Waals surface area contributed by atoms with Gasteiger partial charge in [0.15, 0.2) is 5.82 Å². The van der Waals surface area contributed by atoms with Crippen molar-refractivity contribution in [3.8, 4) is 22.9 Å². The number of aromatic hydroxyl groups is 1. The molecule has 4 rings (SSSR count). The third-order valence-corrected chi connectivity index (χ3v) is 7.82. The summed E-state index contributed by atoms with van der Waals surface area (Å²) in [5.74, 6) is 1.48. The Hall–Kier alpha value is -2.49. The second-order valence-electron chi connectivity index (χ2n) is 8.52. The summed E-state index contributed by atoms with van der Waals surface area (Å²) in [4.78, 5) is 18.5. The van der Waals surface area contributed by atoms with Crippen LogP contribution < -0.4 is 10.3 Å². The van der Waals surface area contributed by atoms with Gasteiger partial charge in [0.25, 0.3) is 5.56 Å². The van der Waals surface area contributed by atoms with Crippen molar-refractivity contribution < 1.29 is 9.84 Å². The van der Waals surface area contributed by atoms with Gasteiger partial charge >= 0.3 is 0 Å². The van der Waals surface area contributed by atoms with E-state index in [0.29, 0.717) is 42.3 Å². The first-order valence-corrected chi connectivity index (χ1v) is 13.7. The Balaban J connectivity index is 2.01. The molecule has 0 aliphatic heterocycles. The molecule has 1 heterocycles. The van der Waals surface area contributed by atoms with Crippen LogP contribution in [0.3, 0.4) is 0 Å². The average Bonchev–Trinajstić information content (AvgIpc) is 2.84. The highest BCUT2D eigenvalue weighted by Crippen LogP contribution is 2.39. The second-order valence-corrected chi connectivity index (χ2v) is 11.0. The molecule has 0 aliphatic rings. The zero-order valence-electron chi connectivity index (χ0n) is 20.1. The number of halogens is 3. The number of para-hydroxylation sites is 1. The van der Waals surface area contributed by atoms with Crippen molar-refractivity contribution in [2.75, 3.05) is 6.61 Å². The molecular weight excluding hydrogens is 654 g/mol. The summed E-state index contributed by atoms with van der Waals surface area (Å²) < 4.78 is 8.85. The van der Waals surface area contributed by atoms with E-state index in [1.54, 1.807) is 18.2 Å². The number of aryl methyl sites for hydroxylation is 1. The first-order chi connectivity index (χ1) is 17.1. The number of hydrogen-bond acceptors (Lipinski definition) is 5. The van der Waals surface area contributed by atoms with Crippen molar-refractivity contribution in [3.05, 3.63) is 82.9 Å². The van der Waals surface area contributed by atoms with E-state index in [1.807, 2.05) is 38.1 Å². The Morgan fingerprint density at radius 3 is 2.56 bits per heavy atom. The summed E-state index contributed by atoms with van der Waals surface area (Å²) in [5.41, 5.74) is 3.61. The van der Waals surface area contributed by atoms with Crippen LogP contribution >= 0.6 is 47.8 Å². The largest absolute Gasteiger partial charge is 0.506 e. The lowest BCUT2D eigenvalue weighted by Gasteiger charge is -2.18. The van der Waals surface area contributed by atoms with Crippen LogP contribution in [0.1, 0.15) is 43.4 Å². The molecule has 1 N–H and O–H groups in total. The lowest BCUT2D eigenvalue weighted by molar-refractivity contribution is 0.335. The molecular formula is C27H24Br3N3O3. The summed E-state index contributed by atoms with van der Waals surface area (Å²) >= 11 is 10.2. The molecule has 3 aromatic carbocycles. The number of rotatable bonds is 6. The van der Waals surface area contributed by atoms with Gasteiger partial charge in [-0.1, -0.05) is 41.9 Å². The van der Waals surface area contributed by atoms with Gasteiger partial charge in [-0.2, -0.15) is 9.78 Å². The van der Waals surface area contributed by atoms with Crippen LogP contribution in [0.5, 0.6) is 11.5 Å². The van der Waals surface area contributed by atoms with E-state index in [2.05, 4.69) is 66.7 Å². The molecule has 0 aliphatic carbocycles. The topological polar surface area (TPSA) is 76.7 Å². The number of fused-ring (bicyclic) bond motifs is 1. The fourth-order valence-electron chi connectivity index (χ4n) is 3.90. The predicted molar refractivity (Wildman–Crippen MR) is 156 cm³/mol. The van der Waals surface area contributed by atoms with Crippen molar-refractivity contribution in [2.24, 2.45) is 5.10 Å². The summed E-state index contributed by atoms with van der Waals surface area (Å²) in [5, 5.41) is 15.4. The molecule has 6 nitrogen and oxygen atoms in total. The van der Waals surface area contributed by atoms with Crippen molar-refractivity contribution in [1.29, 1.82) is 0 Å². The smallest absolute Gasteiger partial charge is 0.282 e. The lowest BCUT2D eigenvalue weighted by atomic mass is 9.96. The van der Waals surface area contributed by atoms with Crippen molar-refractivity contribution in [2.45, 2.75) is 33.6 Å². The monoisotopic (exact) mass is 675 g/mol. The highest BCUT2D eigenvalue weighted by atomic mass is 79.9. The van der Waals surface area contributed by atoms with Crippen LogP contribution in [0, 0.1) is 6.92 Å². The average molecular weight is 678 g/mol. The van der Waals surface area contributed by atoms with E-state index in [4.69, 9.17) is 9.72 Å². The first-order valence-electron chi connectivity index (χ1n) is 11.3. The summed E-state index contributed by atoms with van der Waals surface area (Å²) in [6, 6.07) is 13.0. The van der Waals surface area contributed by atoms with Gasteiger partial charge in [-0.15, -0.1) is 0 Å². The van der Waals surface area contributed by atoms with E-state index in [-0.39, 0.29) is 17.2 Å². The number of ether oxygens (including phenoxy) is 1. The Bertz CT molecular complexity index is 1560. The number of phenols is 1. The van der Waals surface area contributed by atoms with Crippen LogP contribution in [0.2, 0.25) is 0 Å². The molecule has 9 heteroatoms. The maximum atomic E-state index is 13.6. The fraction of sp³-hybridized carbons (Fsp3) is 0.222. The van der Waals surface area contributed by atoms with E-state index in [0.717, 1.165) is 22.4 Å². The van der Waals surface area contributed by atoms with Crippen LogP contribution in [0.25, 0.3) is 22.3 Å². The van der Waals surface area contributed by atoms with Crippen LogP contribution in [0.15, 0.2) is 65.8 Å². The Morgan fingerprint density at radius 2 is 1.86 bits per heavy atom. The summed E-state index contributed by atoms with van der Waals surface area (Å²) in [7, 11) is 0. The standard InChI is InChI=1S/C27H24Br3N3O3/c1-5-36-23-10-15(4)18(11-17(23)14(2)3)26-32-22-9-7-6-8-16(22)27(35)33(26)31-13-19-20(28)12-21(29)25(34)24(19)30/h6-14,34H,5H2,1-4H3. The molecule has 0 unspecified atom stereocenters. The van der Waals surface area contributed by atoms with Crippen LogP contribution in [-0.2, 0) is 0 Å². The Labute approximate surface area is 234 Å². The highest BCUT2D eigenvalue weighted by Gasteiger charge is 2.19. The zero-order chi connectivity index (χ0) is 26.1. The Morgan fingerprint density at radius 1 is 1.14 bits per heavy atom. The molecule has 0 fully saturated rings. The zero-order valence-corrected chi connectivity index (χ0v) is 24.9. The number of benzene rings is 3. The molecule has 4 aromatic rings. The van der Waals surface area contributed by atoms with E-state index >= 15 is 0 Å². The third-order valence-electron chi connectivity index (χ3n) is 5.76. The van der Waals surface area contributed by atoms with Gasteiger partial charge in [0.05, 0.1) is 32.7 Å². The molecule has 0 amide bonds. The quantitative estimate of drug-likeness (QED) is 0.212. The van der Waals surface area contributed by atoms with Gasteiger partial charge in [0.2, 0.25) is 0 Å². The molecule has 0 radical (unpaired) electrons. The predicted octanol–water partition coefficient (Wildman–Crippen LogP) is 7.77. The molecule has 0 bridgehead atoms.